The van der Waals surface area contributed by atoms with Gasteiger partial charge in [0.15, 0.2) is 0 Å². The lowest BCUT2D eigenvalue weighted by molar-refractivity contribution is 0.241. The Morgan fingerprint density at radius 1 is 1.62 bits per heavy atom. The van der Waals surface area contributed by atoms with Gasteiger partial charge in [-0.1, -0.05) is 13.5 Å². The second-order valence-corrected chi connectivity index (χ2v) is 2.69. The van der Waals surface area contributed by atoms with Crippen LogP contribution in [-0.2, 0) is 4.74 Å². The van der Waals surface area contributed by atoms with Crippen LogP contribution in [-0.4, -0.2) is 7.11 Å². The van der Waals surface area contributed by atoms with Crippen LogP contribution in [0.1, 0.15) is 19.8 Å². The number of allylic oxidation sites excluding steroid dienone is 1. The van der Waals surface area contributed by atoms with Crippen molar-refractivity contribution >= 4 is 0 Å². The third-order valence-corrected chi connectivity index (χ3v) is 1.92. The molecule has 0 aromatic heterocycles. The van der Waals surface area contributed by atoms with E-state index in [1.165, 1.54) is 12.8 Å². The van der Waals surface area contributed by atoms with Crippen molar-refractivity contribution in [1.82, 2.24) is 0 Å². The molecule has 1 rings (SSSR count). The summed E-state index contributed by atoms with van der Waals surface area (Å²) in [7, 11) is 1.69. The highest BCUT2D eigenvalue weighted by atomic mass is 16.5. The summed E-state index contributed by atoms with van der Waals surface area (Å²) in [5.74, 6) is 0.942. The summed E-state index contributed by atoms with van der Waals surface area (Å²) in [5, 5.41) is 0. The van der Waals surface area contributed by atoms with Crippen molar-refractivity contribution in [2.24, 2.45) is 5.41 Å². The van der Waals surface area contributed by atoms with Gasteiger partial charge in [-0.2, -0.15) is 0 Å². The molecule has 0 radical (unpaired) electrons. The topological polar surface area (TPSA) is 9.23 Å². The smallest absolute Gasteiger partial charge is 0.0942 e. The molecule has 0 aromatic rings. The average molecular weight is 112 g/mol. The van der Waals surface area contributed by atoms with Gasteiger partial charge in [-0.05, 0) is 12.8 Å². The molecule has 1 saturated carbocycles. The van der Waals surface area contributed by atoms with Gasteiger partial charge < -0.3 is 4.74 Å². The van der Waals surface area contributed by atoms with Gasteiger partial charge in [-0.15, -0.1) is 0 Å². The maximum absolute atomic E-state index is 4.98. The molecule has 0 unspecified atom stereocenters. The van der Waals surface area contributed by atoms with Crippen LogP contribution in [0.25, 0.3) is 0 Å². The third kappa shape index (κ3) is 0.726. The molecule has 0 saturated heterocycles. The van der Waals surface area contributed by atoms with Crippen molar-refractivity contribution in [2.75, 3.05) is 7.11 Å². The minimum absolute atomic E-state index is 0.342. The zero-order chi connectivity index (χ0) is 6.20. The molecule has 1 aliphatic carbocycles. The van der Waals surface area contributed by atoms with E-state index >= 15 is 0 Å². The van der Waals surface area contributed by atoms with Crippen LogP contribution in [0.5, 0.6) is 0 Å². The lowest BCUT2D eigenvalue weighted by atomic mass is 10.1. The van der Waals surface area contributed by atoms with E-state index in [1.54, 1.807) is 7.11 Å². The van der Waals surface area contributed by atoms with Crippen LogP contribution < -0.4 is 0 Å². The zero-order valence-corrected chi connectivity index (χ0v) is 5.53. The highest BCUT2D eigenvalue weighted by molar-refractivity contribution is 5.10. The van der Waals surface area contributed by atoms with Gasteiger partial charge in [-0.3, -0.25) is 0 Å². The maximum atomic E-state index is 4.98. The van der Waals surface area contributed by atoms with Gasteiger partial charge in [0.2, 0.25) is 0 Å². The SMILES string of the molecule is C=C(OC)C1(C)CC1. The monoisotopic (exact) mass is 112 g/mol. The second kappa shape index (κ2) is 1.51. The Bertz CT molecular complexity index is 112. The molecule has 1 heteroatoms. The van der Waals surface area contributed by atoms with Gasteiger partial charge in [0.25, 0.3) is 0 Å². The standard InChI is InChI=1S/C7H12O/c1-6(8-3)7(2)4-5-7/h1,4-5H2,2-3H3. The Labute approximate surface area is 50.3 Å². The van der Waals surface area contributed by atoms with Crippen molar-refractivity contribution in [1.29, 1.82) is 0 Å². The first-order valence-electron chi connectivity index (χ1n) is 2.92. The van der Waals surface area contributed by atoms with E-state index in [0.29, 0.717) is 5.41 Å². The second-order valence-electron chi connectivity index (χ2n) is 2.69. The van der Waals surface area contributed by atoms with Crippen molar-refractivity contribution < 1.29 is 4.74 Å². The quantitative estimate of drug-likeness (QED) is 0.496. The van der Waals surface area contributed by atoms with E-state index in [1.807, 2.05) is 0 Å². The fourth-order valence-corrected chi connectivity index (χ4v) is 0.713. The van der Waals surface area contributed by atoms with Crippen LogP contribution in [0.15, 0.2) is 12.3 Å². The fourth-order valence-electron chi connectivity index (χ4n) is 0.713. The van der Waals surface area contributed by atoms with Crippen molar-refractivity contribution in [3.8, 4) is 0 Å². The molecule has 0 amide bonds. The molecular formula is C7H12O. The summed E-state index contributed by atoms with van der Waals surface area (Å²) in [5.41, 5.74) is 0.342. The predicted molar refractivity (Wildman–Crippen MR) is 33.5 cm³/mol. The first-order chi connectivity index (χ1) is 3.69. The van der Waals surface area contributed by atoms with E-state index < -0.39 is 0 Å². The number of ether oxygens (including phenoxy) is 1. The van der Waals surface area contributed by atoms with Gasteiger partial charge in [-0.25, -0.2) is 0 Å². The van der Waals surface area contributed by atoms with Gasteiger partial charge in [0.05, 0.1) is 12.9 Å². The van der Waals surface area contributed by atoms with Crippen LogP contribution in [0.3, 0.4) is 0 Å². The highest BCUT2D eigenvalue weighted by Gasteiger charge is 2.41. The minimum Gasteiger partial charge on any atom is -0.501 e. The Morgan fingerprint density at radius 2 is 2.12 bits per heavy atom. The summed E-state index contributed by atoms with van der Waals surface area (Å²) in [4.78, 5) is 0. The molecule has 0 atom stereocenters. The summed E-state index contributed by atoms with van der Waals surface area (Å²) < 4.78 is 4.98. The van der Waals surface area contributed by atoms with Crippen LogP contribution in [0.4, 0.5) is 0 Å². The Balaban J connectivity index is 2.46. The van der Waals surface area contributed by atoms with Crippen LogP contribution >= 0.6 is 0 Å². The molecule has 46 valence electrons. The number of hydrogen-bond donors (Lipinski definition) is 0. The molecule has 0 heterocycles. The van der Waals surface area contributed by atoms with E-state index in [4.69, 9.17) is 4.74 Å². The summed E-state index contributed by atoms with van der Waals surface area (Å²) >= 11 is 0. The first-order valence-corrected chi connectivity index (χ1v) is 2.92. The zero-order valence-electron chi connectivity index (χ0n) is 5.53. The van der Waals surface area contributed by atoms with E-state index in [2.05, 4.69) is 13.5 Å². The van der Waals surface area contributed by atoms with Crippen molar-refractivity contribution in [3.05, 3.63) is 12.3 Å². The molecule has 0 N–H and O–H groups in total. The summed E-state index contributed by atoms with van der Waals surface area (Å²) in [6.07, 6.45) is 2.50. The largest absolute Gasteiger partial charge is 0.501 e. The molecular weight excluding hydrogens is 100 g/mol. The lowest BCUT2D eigenvalue weighted by Gasteiger charge is -2.08. The third-order valence-electron chi connectivity index (χ3n) is 1.92. The van der Waals surface area contributed by atoms with E-state index in [9.17, 15) is 0 Å². The molecule has 0 bridgehead atoms. The predicted octanol–water partition coefficient (Wildman–Crippen LogP) is 1.95. The summed E-state index contributed by atoms with van der Waals surface area (Å²) in [6, 6.07) is 0. The Morgan fingerprint density at radius 3 is 2.25 bits per heavy atom. The maximum Gasteiger partial charge on any atom is 0.0942 e. The number of rotatable bonds is 2. The molecule has 8 heavy (non-hydrogen) atoms. The van der Waals surface area contributed by atoms with E-state index in [-0.39, 0.29) is 0 Å². The normalized spacial score (nSPS) is 22.2. The minimum atomic E-state index is 0.342. The first kappa shape index (κ1) is 5.67. The average Bonchev–Trinajstić information content (AvgIpc) is 2.47. The molecule has 0 aliphatic heterocycles. The number of methoxy groups -OCH3 is 1. The summed E-state index contributed by atoms with van der Waals surface area (Å²) in [6.45, 7) is 5.96. The van der Waals surface area contributed by atoms with Crippen molar-refractivity contribution in [2.45, 2.75) is 19.8 Å². The molecule has 1 fully saturated rings. The van der Waals surface area contributed by atoms with Crippen LogP contribution in [0, 0.1) is 5.41 Å². The molecule has 1 nitrogen and oxygen atoms in total. The van der Waals surface area contributed by atoms with E-state index in [0.717, 1.165) is 5.76 Å². The van der Waals surface area contributed by atoms with Gasteiger partial charge in [0.1, 0.15) is 0 Å². The van der Waals surface area contributed by atoms with Crippen LogP contribution in [0.2, 0.25) is 0 Å². The Hall–Kier alpha value is -0.460. The fraction of sp³-hybridized carbons (Fsp3) is 0.714. The molecule has 1 aliphatic rings. The molecule has 0 spiro atoms. The van der Waals surface area contributed by atoms with Gasteiger partial charge in [0, 0.05) is 5.41 Å². The Kier molecular flexibility index (Phi) is 1.07. The van der Waals surface area contributed by atoms with Gasteiger partial charge >= 0.3 is 0 Å². The highest BCUT2D eigenvalue weighted by Crippen LogP contribution is 2.50. The van der Waals surface area contributed by atoms with Crippen molar-refractivity contribution in [3.63, 3.8) is 0 Å². The lowest BCUT2D eigenvalue weighted by Crippen LogP contribution is -1.98. The number of hydrogen-bond acceptors (Lipinski definition) is 1. The molecule has 0 aromatic carbocycles.